The number of hydrogen-bond donors (Lipinski definition) is 2. The van der Waals surface area contributed by atoms with Crippen molar-refractivity contribution in [2.75, 3.05) is 11.9 Å². The number of fused-ring (bicyclic) bond motifs is 1. The summed E-state index contributed by atoms with van der Waals surface area (Å²) < 4.78 is 5.11. The molecular weight excluding hydrogens is 322 g/mol. The number of aromatic nitrogens is 1. The summed E-state index contributed by atoms with van der Waals surface area (Å²) in [6.45, 7) is 3.04. The molecule has 5 nitrogen and oxygen atoms in total. The maximum atomic E-state index is 12.1. The molecule has 2 aromatic heterocycles. The van der Waals surface area contributed by atoms with Crippen LogP contribution in [0.5, 0.6) is 0 Å². The van der Waals surface area contributed by atoms with Gasteiger partial charge in [0, 0.05) is 12.0 Å². The van der Waals surface area contributed by atoms with Gasteiger partial charge in [-0.2, -0.15) is 0 Å². The van der Waals surface area contributed by atoms with Gasteiger partial charge < -0.3 is 9.32 Å². The van der Waals surface area contributed by atoms with Crippen LogP contribution >= 0.6 is 11.3 Å². The first-order chi connectivity index (χ1) is 11.8. The van der Waals surface area contributed by atoms with E-state index >= 15 is 0 Å². The third-order valence-corrected chi connectivity index (χ3v) is 5.18. The molecule has 1 aliphatic rings. The van der Waals surface area contributed by atoms with E-state index in [1.807, 2.05) is 6.07 Å². The van der Waals surface area contributed by atoms with E-state index in [9.17, 15) is 4.79 Å². The van der Waals surface area contributed by atoms with E-state index in [2.05, 4.69) is 34.6 Å². The van der Waals surface area contributed by atoms with Crippen molar-refractivity contribution in [3.8, 4) is 0 Å². The van der Waals surface area contributed by atoms with Gasteiger partial charge in [0.25, 0.3) is 5.91 Å². The number of carbonyl (C=O) groups is 1. The van der Waals surface area contributed by atoms with Gasteiger partial charge >= 0.3 is 0 Å². The van der Waals surface area contributed by atoms with Gasteiger partial charge in [-0.15, -0.1) is 0 Å². The van der Waals surface area contributed by atoms with Crippen LogP contribution < -0.4 is 10.2 Å². The van der Waals surface area contributed by atoms with Gasteiger partial charge in [0.2, 0.25) is 0 Å². The summed E-state index contributed by atoms with van der Waals surface area (Å²) in [5.74, 6) is 0.0547. The third kappa shape index (κ3) is 3.25. The predicted octanol–water partition coefficient (Wildman–Crippen LogP) is 2.13. The minimum absolute atomic E-state index is 0.250. The van der Waals surface area contributed by atoms with E-state index in [1.165, 1.54) is 21.6 Å². The van der Waals surface area contributed by atoms with Gasteiger partial charge in [-0.25, -0.2) is 4.98 Å². The number of thiazole rings is 1. The Morgan fingerprint density at radius 2 is 2.12 bits per heavy atom. The van der Waals surface area contributed by atoms with Crippen LogP contribution in [0.3, 0.4) is 0 Å². The number of benzene rings is 1. The molecule has 0 fully saturated rings. The molecular formula is C18H18N3O2S+. The number of quaternary nitrogens is 1. The number of hydrogen-bond acceptors (Lipinski definition) is 4. The van der Waals surface area contributed by atoms with Crippen molar-refractivity contribution < 1.29 is 14.1 Å². The van der Waals surface area contributed by atoms with Crippen LogP contribution in [0, 0.1) is 0 Å². The molecule has 6 heteroatoms. The Kier molecular flexibility index (Phi) is 4.15. The van der Waals surface area contributed by atoms with E-state index in [4.69, 9.17) is 4.42 Å². The normalized spacial score (nSPS) is 16.6. The lowest BCUT2D eigenvalue weighted by Crippen LogP contribution is -3.10. The number of rotatable bonds is 4. The number of anilines is 1. The van der Waals surface area contributed by atoms with E-state index in [1.54, 1.807) is 23.5 Å². The second kappa shape index (κ2) is 6.59. The molecule has 1 aromatic carbocycles. The lowest BCUT2D eigenvalue weighted by molar-refractivity contribution is -0.929. The van der Waals surface area contributed by atoms with Crippen molar-refractivity contribution in [3.05, 3.63) is 70.6 Å². The van der Waals surface area contributed by atoms with Crippen molar-refractivity contribution in [2.45, 2.75) is 19.5 Å². The summed E-state index contributed by atoms with van der Waals surface area (Å²) in [5.41, 5.74) is 2.47. The third-order valence-electron chi connectivity index (χ3n) is 4.17. The van der Waals surface area contributed by atoms with Crippen LogP contribution in [0.4, 0.5) is 5.13 Å². The maximum absolute atomic E-state index is 12.1. The minimum Gasteiger partial charge on any atom is -0.459 e. The molecule has 0 spiro atoms. The summed E-state index contributed by atoms with van der Waals surface area (Å²) in [4.78, 5) is 19.4. The Morgan fingerprint density at radius 1 is 1.25 bits per heavy atom. The molecule has 24 heavy (non-hydrogen) atoms. The summed E-state index contributed by atoms with van der Waals surface area (Å²) in [6, 6.07) is 13.9. The molecule has 122 valence electrons. The van der Waals surface area contributed by atoms with Gasteiger partial charge in [0.15, 0.2) is 10.9 Å². The lowest BCUT2D eigenvalue weighted by Gasteiger charge is -2.22. The fourth-order valence-corrected chi connectivity index (χ4v) is 4.06. The molecule has 0 saturated carbocycles. The highest BCUT2D eigenvalue weighted by atomic mass is 32.1. The zero-order valence-corrected chi connectivity index (χ0v) is 13.9. The topological polar surface area (TPSA) is 59.6 Å². The van der Waals surface area contributed by atoms with Crippen LogP contribution in [0.2, 0.25) is 0 Å². The monoisotopic (exact) mass is 340 g/mol. The van der Waals surface area contributed by atoms with Crippen molar-refractivity contribution >= 4 is 22.4 Å². The predicted molar refractivity (Wildman–Crippen MR) is 92.2 cm³/mol. The molecule has 1 unspecified atom stereocenters. The molecule has 3 aromatic rings. The van der Waals surface area contributed by atoms with E-state index < -0.39 is 0 Å². The Labute approximate surface area is 143 Å². The van der Waals surface area contributed by atoms with Crippen molar-refractivity contribution in [1.82, 2.24) is 4.98 Å². The molecule has 0 bridgehead atoms. The Morgan fingerprint density at radius 3 is 2.92 bits per heavy atom. The van der Waals surface area contributed by atoms with E-state index in [0.717, 1.165) is 31.7 Å². The van der Waals surface area contributed by atoms with Crippen molar-refractivity contribution in [3.63, 3.8) is 0 Å². The molecule has 1 atom stereocenters. The average Bonchev–Trinajstić information content (AvgIpc) is 3.24. The number of nitrogens with zero attached hydrogens (tertiary/aromatic N) is 1. The van der Waals surface area contributed by atoms with E-state index in [-0.39, 0.29) is 5.91 Å². The van der Waals surface area contributed by atoms with Gasteiger partial charge in [0.05, 0.1) is 23.4 Å². The highest BCUT2D eigenvalue weighted by Gasteiger charge is 2.24. The molecule has 1 amide bonds. The Hall–Kier alpha value is -2.44. The highest BCUT2D eigenvalue weighted by Crippen LogP contribution is 2.25. The first-order valence-electron chi connectivity index (χ1n) is 7.99. The molecule has 0 radical (unpaired) electrons. The minimum atomic E-state index is -0.250. The highest BCUT2D eigenvalue weighted by molar-refractivity contribution is 7.15. The Bertz CT molecular complexity index is 827. The summed E-state index contributed by atoms with van der Waals surface area (Å²) in [6.07, 6.45) is 2.44. The van der Waals surface area contributed by atoms with Crippen LogP contribution in [-0.4, -0.2) is 17.4 Å². The molecule has 1 aliphatic heterocycles. The van der Waals surface area contributed by atoms with Gasteiger partial charge in [0.1, 0.15) is 13.1 Å². The zero-order chi connectivity index (χ0) is 16.4. The number of amides is 1. The summed E-state index contributed by atoms with van der Waals surface area (Å²) >= 11 is 1.57. The summed E-state index contributed by atoms with van der Waals surface area (Å²) in [5, 5.41) is 3.49. The number of carbonyl (C=O) groups excluding carboxylic acids is 1. The van der Waals surface area contributed by atoms with Gasteiger partial charge in [-0.1, -0.05) is 41.7 Å². The van der Waals surface area contributed by atoms with Crippen LogP contribution in [0.25, 0.3) is 0 Å². The summed E-state index contributed by atoms with van der Waals surface area (Å²) in [7, 11) is 0. The smallest absolute Gasteiger partial charge is 0.293 e. The molecule has 2 N–H and O–H groups in total. The number of nitrogens with one attached hydrogen (secondary N) is 2. The lowest BCUT2D eigenvalue weighted by atomic mass is 10.1. The quantitative estimate of drug-likeness (QED) is 0.765. The van der Waals surface area contributed by atoms with Crippen LogP contribution in [-0.2, 0) is 19.5 Å². The van der Waals surface area contributed by atoms with E-state index in [0.29, 0.717) is 10.9 Å². The van der Waals surface area contributed by atoms with Gasteiger partial charge in [-0.05, 0) is 12.1 Å². The van der Waals surface area contributed by atoms with Gasteiger partial charge in [-0.3, -0.25) is 10.1 Å². The second-order valence-corrected chi connectivity index (χ2v) is 6.99. The molecule has 0 saturated heterocycles. The second-order valence-electron chi connectivity index (χ2n) is 5.91. The molecule has 4 rings (SSSR count). The van der Waals surface area contributed by atoms with Crippen LogP contribution in [0.15, 0.2) is 53.1 Å². The maximum Gasteiger partial charge on any atom is 0.293 e. The largest absolute Gasteiger partial charge is 0.459 e. The van der Waals surface area contributed by atoms with Crippen molar-refractivity contribution in [2.24, 2.45) is 0 Å². The SMILES string of the molecule is O=C(Nc1nc2c(s1)C[NH+](Cc1ccccc1)CC2)c1ccco1. The molecule has 0 aliphatic carbocycles. The standard InChI is InChI=1S/C18H17N3O2S/c22-17(15-7-4-10-23-15)20-18-19-14-8-9-21(12-16(14)24-18)11-13-5-2-1-3-6-13/h1-7,10H,8-9,11-12H2,(H,19,20,22)/p+1. The zero-order valence-electron chi connectivity index (χ0n) is 13.1. The first kappa shape index (κ1) is 15.1. The number of furan rings is 1. The fraction of sp³-hybridized carbons (Fsp3) is 0.222. The van der Waals surface area contributed by atoms with Crippen LogP contribution in [0.1, 0.15) is 26.7 Å². The Balaban J connectivity index is 1.43. The molecule has 3 heterocycles. The van der Waals surface area contributed by atoms with Crippen molar-refractivity contribution in [1.29, 1.82) is 0 Å². The average molecular weight is 340 g/mol. The fourth-order valence-electron chi connectivity index (χ4n) is 2.98. The first-order valence-corrected chi connectivity index (χ1v) is 8.80.